The number of benzene rings is 2. The van der Waals surface area contributed by atoms with E-state index >= 15 is 0 Å². The topological polar surface area (TPSA) is 84.7 Å². The Labute approximate surface area is 154 Å². The minimum absolute atomic E-state index is 0.0748. The van der Waals surface area contributed by atoms with Crippen molar-refractivity contribution < 1.29 is 14.5 Å². The molecular formula is C19H27N3O4. The minimum atomic E-state index is -0.445. The van der Waals surface area contributed by atoms with Crippen molar-refractivity contribution in [2.75, 3.05) is 37.5 Å². The molecule has 0 heterocycles. The van der Waals surface area contributed by atoms with E-state index in [4.69, 9.17) is 9.53 Å². The first kappa shape index (κ1) is 22.9. The molecule has 0 aliphatic carbocycles. The first-order chi connectivity index (χ1) is 12.5. The highest BCUT2D eigenvalue weighted by Gasteiger charge is 2.02. The van der Waals surface area contributed by atoms with Gasteiger partial charge in [-0.3, -0.25) is 10.1 Å². The SMILES string of the molecule is C=O.CCN(CC)c1ccc(NC)cc1.COc1ccc([N+](=O)[O-])cc1. The van der Waals surface area contributed by atoms with Gasteiger partial charge in [-0.1, -0.05) is 0 Å². The number of hydrogen-bond acceptors (Lipinski definition) is 6. The molecule has 0 aromatic heterocycles. The number of non-ortho nitro benzene ring substituents is 1. The van der Waals surface area contributed by atoms with Gasteiger partial charge < -0.3 is 19.7 Å². The van der Waals surface area contributed by atoms with E-state index in [0.29, 0.717) is 5.75 Å². The molecule has 26 heavy (non-hydrogen) atoms. The predicted octanol–water partition coefficient (Wildman–Crippen LogP) is 3.99. The molecule has 0 radical (unpaired) electrons. The number of nitro groups is 1. The van der Waals surface area contributed by atoms with Gasteiger partial charge in [-0.05, 0) is 50.2 Å². The Morgan fingerprint density at radius 3 is 1.88 bits per heavy atom. The quantitative estimate of drug-likeness (QED) is 0.618. The Hall–Kier alpha value is -3.09. The van der Waals surface area contributed by atoms with Crippen LogP contribution in [0.4, 0.5) is 17.1 Å². The van der Waals surface area contributed by atoms with Gasteiger partial charge in [0.1, 0.15) is 12.5 Å². The van der Waals surface area contributed by atoms with Crippen molar-refractivity contribution in [2.24, 2.45) is 0 Å². The summed E-state index contributed by atoms with van der Waals surface area (Å²) in [5.41, 5.74) is 2.53. The summed E-state index contributed by atoms with van der Waals surface area (Å²) in [6.45, 7) is 8.48. The summed E-state index contributed by atoms with van der Waals surface area (Å²) >= 11 is 0. The third kappa shape index (κ3) is 7.65. The number of nitrogens with zero attached hydrogens (tertiary/aromatic N) is 2. The van der Waals surface area contributed by atoms with Crippen LogP contribution in [0.15, 0.2) is 48.5 Å². The highest BCUT2D eigenvalue weighted by molar-refractivity contribution is 5.54. The molecule has 2 aromatic carbocycles. The molecule has 2 aromatic rings. The molecule has 0 fully saturated rings. The average Bonchev–Trinajstić information content (AvgIpc) is 2.71. The maximum Gasteiger partial charge on any atom is 0.269 e. The van der Waals surface area contributed by atoms with Crippen molar-refractivity contribution in [3.8, 4) is 5.75 Å². The van der Waals surface area contributed by atoms with Crippen molar-refractivity contribution in [1.29, 1.82) is 0 Å². The second-order valence-electron chi connectivity index (χ2n) is 4.92. The summed E-state index contributed by atoms with van der Waals surface area (Å²) in [7, 11) is 3.45. The first-order valence-corrected chi connectivity index (χ1v) is 8.15. The lowest BCUT2D eigenvalue weighted by Gasteiger charge is -2.21. The van der Waals surface area contributed by atoms with E-state index in [9.17, 15) is 10.1 Å². The van der Waals surface area contributed by atoms with Crippen molar-refractivity contribution in [2.45, 2.75) is 13.8 Å². The Morgan fingerprint density at radius 1 is 1.04 bits per heavy atom. The number of ether oxygens (including phenoxy) is 1. The number of carbonyl (C=O) groups is 1. The second kappa shape index (κ2) is 13.2. The van der Waals surface area contributed by atoms with Crippen molar-refractivity contribution in [3.63, 3.8) is 0 Å². The van der Waals surface area contributed by atoms with E-state index in [1.807, 2.05) is 13.8 Å². The van der Waals surface area contributed by atoms with Gasteiger partial charge in [0, 0.05) is 43.6 Å². The Balaban J connectivity index is 0.000000444. The Bertz CT molecular complexity index is 626. The fraction of sp³-hybridized carbons (Fsp3) is 0.316. The lowest BCUT2D eigenvalue weighted by Crippen LogP contribution is -2.21. The molecule has 2 rings (SSSR count). The zero-order chi connectivity index (χ0) is 19.9. The molecule has 0 saturated heterocycles. The zero-order valence-corrected chi connectivity index (χ0v) is 15.8. The third-order valence-corrected chi connectivity index (χ3v) is 3.57. The van der Waals surface area contributed by atoms with Crippen LogP contribution in [0.25, 0.3) is 0 Å². The molecule has 0 aliphatic heterocycles. The van der Waals surface area contributed by atoms with Gasteiger partial charge in [0.25, 0.3) is 5.69 Å². The number of nitro benzene ring substituents is 1. The monoisotopic (exact) mass is 361 g/mol. The number of rotatable bonds is 6. The van der Waals surface area contributed by atoms with Gasteiger partial charge in [0.2, 0.25) is 0 Å². The molecule has 142 valence electrons. The van der Waals surface area contributed by atoms with E-state index in [-0.39, 0.29) is 5.69 Å². The second-order valence-corrected chi connectivity index (χ2v) is 4.92. The number of nitrogens with one attached hydrogen (secondary N) is 1. The van der Waals surface area contributed by atoms with Crippen LogP contribution in [0.2, 0.25) is 0 Å². The van der Waals surface area contributed by atoms with Crippen LogP contribution in [0.5, 0.6) is 5.75 Å². The van der Waals surface area contributed by atoms with Gasteiger partial charge in [-0.25, -0.2) is 0 Å². The fourth-order valence-electron chi connectivity index (χ4n) is 2.13. The number of hydrogen-bond donors (Lipinski definition) is 1. The van der Waals surface area contributed by atoms with Crippen LogP contribution < -0.4 is 15.0 Å². The Kier molecular flexibility index (Phi) is 11.7. The van der Waals surface area contributed by atoms with Crippen LogP contribution in [0, 0.1) is 10.1 Å². The molecule has 0 aliphatic rings. The summed E-state index contributed by atoms with van der Waals surface area (Å²) in [5.74, 6) is 0.621. The van der Waals surface area contributed by atoms with Gasteiger partial charge >= 0.3 is 0 Å². The molecule has 7 nitrogen and oxygen atoms in total. The van der Waals surface area contributed by atoms with Crippen molar-refractivity contribution >= 4 is 23.9 Å². The van der Waals surface area contributed by atoms with Crippen molar-refractivity contribution in [1.82, 2.24) is 0 Å². The van der Waals surface area contributed by atoms with Gasteiger partial charge in [0.15, 0.2) is 0 Å². The van der Waals surface area contributed by atoms with Crippen LogP contribution in [0.3, 0.4) is 0 Å². The van der Waals surface area contributed by atoms with E-state index < -0.39 is 4.92 Å². The third-order valence-electron chi connectivity index (χ3n) is 3.57. The van der Waals surface area contributed by atoms with Gasteiger partial charge in [-0.2, -0.15) is 0 Å². The largest absolute Gasteiger partial charge is 0.497 e. The fourth-order valence-corrected chi connectivity index (χ4v) is 2.13. The normalized spacial score (nSPS) is 8.92. The standard InChI is InChI=1S/C11H18N2.C7H7NO3.CH2O/c1-4-13(5-2)11-8-6-10(12-3)7-9-11;1-11-7-4-2-6(3-5-7)8(9)10;1-2/h6-9,12H,4-5H2,1-3H3;2-5H,1H3;1H2. The number of carbonyl (C=O) groups excluding carboxylic acids is 1. The molecular weight excluding hydrogens is 334 g/mol. The smallest absolute Gasteiger partial charge is 0.269 e. The molecule has 0 amide bonds. The van der Waals surface area contributed by atoms with E-state index in [0.717, 1.165) is 18.8 Å². The maximum absolute atomic E-state index is 10.2. The highest BCUT2D eigenvalue weighted by Crippen LogP contribution is 2.17. The number of anilines is 2. The van der Waals surface area contributed by atoms with Gasteiger partial charge in [-0.15, -0.1) is 0 Å². The predicted molar refractivity (Wildman–Crippen MR) is 106 cm³/mol. The summed E-state index contributed by atoms with van der Waals surface area (Å²) in [4.78, 5) is 20.1. The van der Waals surface area contributed by atoms with Crippen LogP contribution in [-0.2, 0) is 4.79 Å². The summed E-state index contributed by atoms with van der Waals surface area (Å²) in [5, 5.41) is 13.3. The maximum atomic E-state index is 10.2. The molecule has 7 heteroatoms. The van der Waals surface area contributed by atoms with Crippen LogP contribution >= 0.6 is 0 Å². The molecule has 0 bridgehead atoms. The molecule has 1 N–H and O–H groups in total. The lowest BCUT2D eigenvalue weighted by atomic mass is 10.2. The summed E-state index contributed by atoms with van der Waals surface area (Å²) in [6.07, 6.45) is 0. The average molecular weight is 361 g/mol. The molecule has 0 saturated carbocycles. The van der Waals surface area contributed by atoms with E-state index in [2.05, 4.69) is 48.3 Å². The van der Waals surface area contributed by atoms with Crippen LogP contribution in [-0.4, -0.2) is 39.0 Å². The minimum Gasteiger partial charge on any atom is -0.497 e. The Morgan fingerprint density at radius 2 is 1.54 bits per heavy atom. The first-order valence-electron chi connectivity index (χ1n) is 8.15. The number of methoxy groups -OCH3 is 1. The van der Waals surface area contributed by atoms with Crippen LogP contribution in [0.1, 0.15) is 13.8 Å². The van der Waals surface area contributed by atoms with Gasteiger partial charge in [0.05, 0.1) is 12.0 Å². The molecule has 0 spiro atoms. The van der Waals surface area contributed by atoms with E-state index in [1.54, 1.807) is 12.1 Å². The summed E-state index contributed by atoms with van der Waals surface area (Å²) < 4.78 is 4.83. The van der Waals surface area contributed by atoms with Crippen molar-refractivity contribution in [3.05, 3.63) is 58.6 Å². The molecule has 0 unspecified atom stereocenters. The molecule has 0 atom stereocenters. The highest BCUT2D eigenvalue weighted by atomic mass is 16.6. The van der Waals surface area contributed by atoms with E-state index in [1.165, 1.54) is 24.9 Å². The summed E-state index contributed by atoms with van der Waals surface area (Å²) in [6, 6.07) is 14.4. The zero-order valence-electron chi connectivity index (χ0n) is 15.8. The lowest BCUT2D eigenvalue weighted by molar-refractivity contribution is -0.384.